The van der Waals surface area contributed by atoms with Crippen molar-refractivity contribution in [3.63, 3.8) is 0 Å². The Balaban J connectivity index is 1.93. The molecule has 1 aliphatic heterocycles. The molecule has 3 nitrogen and oxygen atoms in total. The van der Waals surface area contributed by atoms with E-state index >= 15 is 0 Å². The fourth-order valence-corrected chi connectivity index (χ4v) is 5.15. The van der Waals surface area contributed by atoms with E-state index in [2.05, 4.69) is 12.2 Å². The second kappa shape index (κ2) is 4.65. The van der Waals surface area contributed by atoms with Crippen molar-refractivity contribution in [3.05, 3.63) is 0 Å². The minimum absolute atomic E-state index is 0.159. The predicted molar refractivity (Wildman–Crippen MR) is 66.3 cm³/mol. The maximum absolute atomic E-state index is 11.5. The van der Waals surface area contributed by atoms with Crippen molar-refractivity contribution in [2.24, 2.45) is 0 Å². The number of sulfone groups is 1. The Morgan fingerprint density at radius 2 is 1.75 bits per heavy atom. The molecule has 16 heavy (non-hydrogen) atoms. The van der Waals surface area contributed by atoms with Gasteiger partial charge >= 0.3 is 0 Å². The van der Waals surface area contributed by atoms with E-state index in [9.17, 15) is 8.42 Å². The van der Waals surface area contributed by atoms with Crippen molar-refractivity contribution in [3.8, 4) is 0 Å². The quantitative estimate of drug-likeness (QED) is 0.756. The molecule has 1 saturated heterocycles. The molecule has 1 aliphatic carbocycles. The van der Waals surface area contributed by atoms with Crippen LogP contribution in [0.1, 0.15) is 51.9 Å². The lowest BCUT2D eigenvalue weighted by molar-refractivity contribution is 0.318. The van der Waals surface area contributed by atoms with Crippen molar-refractivity contribution in [1.29, 1.82) is 0 Å². The Hall–Kier alpha value is -0.0900. The van der Waals surface area contributed by atoms with Crippen molar-refractivity contribution in [2.45, 2.75) is 63.5 Å². The topological polar surface area (TPSA) is 46.2 Å². The van der Waals surface area contributed by atoms with E-state index in [1.54, 1.807) is 0 Å². The van der Waals surface area contributed by atoms with Gasteiger partial charge in [-0.15, -0.1) is 0 Å². The van der Waals surface area contributed by atoms with Gasteiger partial charge in [0, 0.05) is 11.6 Å². The summed E-state index contributed by atoms with van der Waals surface area (Å²) in [6.07, 6.45) is 8.48. The first kappa shape index (κ1) is 12.4. The summed E-state index contributed by atoms with van der Waals surface area (Å²) in [6.45, 7) is 2.07. The number of hydrogen-bond acceptors (Lipinski definition) is 3. The summed E-state index contributed by atoms with van der Waals surface area (Å²) in [5.74, 6) is 0.694. The van der Waals surface area contributed by atoms with Gasteiger partial charge in [0.1, 0.15) is 0 Å². The van der Waals surface area contributed by atoms with Crippen LogP contribution in [-0.2, 0) is 9.84 Å². The third-order valence-electron chi connectivity index (χ3n) is 3.91. The molecule has 0 amide bonds. The zero-order chi connectivity index (χ0) is 11.6. The summed E-state index contributed by atoms with van der Waals surface area (Å²) in [6, 6.07) is 0.542. The Kier molecular flexibility index (Phi) is 3.59. The van der Waals surface area contributed by atoms with Gasteiger partial charge in [-0.1, -0.05) is 25.7 Å². The van der Waals surface area contributed by atoms with Crippen molar-refractivity contribution >= 4 is 9.84 Å². The average Bonchev–Trinajstić information content (AvgIpc) is 2.42. The predicted octanol–water partition coefficient (Wildman–Crippen LogP) is 1.88. The zero-order valence-corrected chi connectivity index (χ0v) is 11.0. The van der Waals surface area contributed by atoms with Crippen LogP contribution < -0.4 is 5.32 Å². The fraction of sp³-hybridized carbons (Fsp3) is 1.00. The van der Waals surface area contributed by atoms with Gasteiger partial charge in [0.2, 0.25) is 0 Å². The van der Waals surface area contributed by atoms with Crippen LogP contribution in [0.4, 0.5) is 0 Å². The maximum Gasteiger partial charge on any atom is 0.152 e. The van der Waals surface area contributed by atoms with E-state index < -0.39 is 9.84 Å². The van der Waals surface area contributed by atoms with Crippen LogP contribution in [0.3, 0.4) is 0 Å². The van der Waals surface area contributed by atoms with Gasteiger partial charge in [0.25, 0.3) is 0 Å². The molecule has 0 spiro atoms. The van der Waals surface area contributed by atoms with Gasteiger partial charge in [-0.2, -0.15) is 0 Å². The Morgan fingerprint density at radius 1 is 1.12 bits per heavy atom. The van der Waals surface area contributed by atoms with Crippen molar-refractivity contribution in [2.75, 3.05) is 11.5 Å². The zero-order valence-electron chi connectivity index (χ0n) is 10.2. The van der Waals surface area contributed by atoms with E-state index in [1.165, 1.54) is 38.5 Å². The summed E-state index contributed by atoms with van der Waals surface area (Å²) in [4.78, 5) is 0. The summed E-state index contributed by atoms with van der Waals surface area (Å²) in [7, 11) is -2.78. The molecule has 0 radical (unpaired) electrons. The molecule has 0 aromatic carbocycles. The van der Waals surface area contributed by atoms with Crippen LogP contribution >= 0.6 is 0 Å². The third kappa shape index (κ3) is 3.20. The van der Waals surface area contributed by atoms with Gasteiger partial charge in [0.05, 0.1) is 11.5 Å². The molecule has 4 heteroatoms. The van der Waals surface area contributed by atoms with E-state index in [4.69, 9.17) is 0 Å². The molecule has 0 aromatic heterocycles. The van der Waals surface area contributed by atoms with E-state index in [0.29, 0.717) is 17.5 Å². The first-order chi connectivity index (χ1) is 7.49. The van der Waals surface area contributed by atoms with E-state index in [0.717, 1.165) is 6.42 Å². The summed E-state index contributed by atoms with van der Waals surface area (Å²) in [5.41, 5.74) is -0.159. The molecule has 1 heterocycles. The van der Waals surface area contributed by atoms with Gasteiger partial charge in [-0.3, -0.25) is 0 Å². The molecule has 0 bridgehead atoms. The number of nitrogens with one attached hydrogen (secondary N) is 1. The Labute approximate surface area is 98.9 Å². The molecule has 1 saturated carbocycles. The van der Waals surface area contributed by atoms with Crippen LogP contribution in [0.2, 0.25) is 0 Å². The molecule has 2 rings (SSSR count). The Bertz CT molecular complexity index is 331. The molecular weight excluding hydrogens is 222 g/mol. The Morgan fingerprint density at radius 3 is 2.25 bits per heavy atom. The van der Waals surface area contributed by atoms with Gasteiger partial charge < -0.3 is 5.32 Å². The molecule has 1 N–H and O–H groups in total. The molecular formula is C12H23NO2S. The maximum atomic E-state index is 11.5. The fourth-order valence-electron chi connectivity index (χ4n) is 3.04. The van der Waals surface area contributed by atoms with E-state index in [-0.39, 0.29) is 5.54 Å². The van der Waals surface area contributed by atoms with Crippen molar-refractivity contribution in [1.82, 2.24) is 5.32 Å². The highest BCUT2D eigenvalue weighted by Crippen LogP contribution is 2.26. The molecule has 2 fully saturated rings. The largest absolute Gasteiger partial charge is 0.308 e. The first-order valence-electron chi connectivity index (χ1n) is 6.47. The van der Waals surface area contributed by atoms with Gasteiger partial charge in [-0.25, -0.2) is 8.42 Å². The molecule has 2 aliphatic rings. The lowest BCUT2D eigenvalue weighted by Gasteiger charge is -2.30. The summed E-state index contributed by atoms with van der Waals surface area (Å²) >= 11 is 0. The summed E-state index contributed by atoms with van der Waals surface area (Å²) < 4.78 is 23.0. The number of rotatable bonds is 2. The lowest BCUT2D eigenvalue weighted by atomic mass is 9.98. The molecule has 1 unspecified atom stereocenters. The van der Waals surface area contributed by atoms with Crippen molar-refractivity contribution < 1.29 is 8.42 Å². The monoisotopic (exact) mass is 245 g/mol. The normalized spacial score (nSPS) is 36.1. The second-order valence-electron chi connectivity index (χ2n) is 5.74. The summed E-state index contributed by atoms with van der Waals surface area (Å²) in [5, 5.41) is 3.61. The SMILES string of the molecule is CC1(NC2CCCCCC2)CCS(=O)(=O)C1. The number of hydrogen-bond donors (Lipinski definition) is 1. The van der Waals surface area contributed by atoms with Crippen LogP contribution in [0.15, 0.2) is 0 Å². The highest BCUT2D eigenvalue weighted by molar-refractivity contribution is 7.91. The average molecular weight is 245 g/mol. The molecule has 94 valence electrons. The van der Waals surface area contributed by atoms with Crippen LogP contribution in [0.25, 0.3) is 0 Å². The minimum atomic E-state index is -2.78. The van der Waals surface area contributed by atoms with Gasteiger partial charge in [0.15, 0.2) is 9.84 Å². The third-order valence-corrected chi connectivity index (χ3v) is 5.81. The minimum Gasteiger partial charge on any atom is -0.308 e. The van der Waals surface area contributed by atoms with Crippen LogP contribution in [0.5, 0.6) is 0 Å². The van der Waals surface area contributed by atoms with E-state index in [1.807, 2.05) is 0 Å². The highest BCUT2D eigenvalue weighted by Gasteiger charge is 2.39. The standard InChI is InChI=1S/C12H23NO2S/c1-12(8-9-16(14,15)10-12)13-11-6-4-2-3-5-7-11/h11,13H,2-10H2,1H3. The highest BCUT2D eigenvalue weighted by atomic mass is 32.2. The smallest absolute Gasteiger partial charge is 0.152 e. The molecule has 1 atom stereocenters. The van der Waals surface area contributed by atoms with Crippen LogP contribution in [0, 0.1) is 0 Å². The van der Waals surface area contributed by atoms with Gasteiger partial charge in [-0.05, 0) is 26.2 Å². The lowest BCUT2D eigenvalue weighted by Crippen LogP contribution is -2.48. The first-order valence-corrected chi connectivity index (χ1v) is 8.29. The molecule has 0 aromatic rings. The second-order valence-corrected chi connectivity index (χ2v) is 7.92. The van der Waals surface area contributed by atoms with Crippen LogP contribution in [-0.4, -0.2) is 31.5 Å².